The molecule has 0 spiro atoms. The quantitative estimate of drug-likeness (QED) is 0.803. The Balaban J connectivity index is 1.97. The number of halogens is 1. The molecule has 3 aromatic rings. The average molecular weight is 286 g/mol. The van der Waals surface area contributed by atoms with Gasteiger partial charge in [-0.2, -0.15) is 0 Å². The number of fused-ring (bicyclic) bond motifs is 1. The molecule has 2 aromatic carbocycles. The number of hydrogen-bond donors (Lipinski definition) is 1. The Hall–Kier alpha value is -2.40. The summed E-state index contributed by atoms with van der Waals surface area (Å²) in [4.78, 5) is 4.31. The van der Waals surface area contributed by atoms with Crippen molar-refractivity contribution in [3.05, 3.63) is 53.6 Å². The molecule has 0 amide bonds. The summed E-state index contributed by atoms with van der Waals surface area (Å²) >= 11 is 0. The molecule has 1 heterocycles. The van der Waals surface area contributed by atoms with Crippen LogP contribution in [0, 0.1) is 12.7 Å². The predicted molar refractivity (Wildman–Crippen MR) is 77.8 cm³/mol. The van der Waals surface area contributed by atoms with Gasteiger partial charge in [0.2, 0.25) is 0 Å². The first-order valence-corrected chi connectivity index (χ1v) is 6.58. The van der Waals surface area contributed by atoms with E-state index in [4.69, 9.17) is 4.74 Å². The van der Waals surface area contributed by atoms with E-state index in [1.54, 1.807) is 25.1 Å². The summed E-state index contributed by atoms with van der Waals surface area (Å²) in [5, 5.41) is 9.23. The van der Waals surface area contributed by atoms with Gasteiger partial charge < -0.3 is 14.4 Å². The second-order valence-electron chi connectivity index (χ2n) is 4.91. The van der Waals surface area contributed by atoms with Gasteiger partial charge in [0.15, 0.2) is 0 Å². The number of nitrogens with zero attached hydrogens (tertiary/aromatic N) is 2. The van der Waals surface area contributed by atoms with Crippen molar-refractivity contribution in [2.24, 2.45) is 7.05 Å². The Morgan fingerprint density at radius 3 is 2.62 bits per heavy atom. The van der Waals surface area contributed by atoms with Gasteiger partial charge in [0, 0.05) is 13.1 Å². The van der Waals surface area contributed by atoms with Crippen LogP contribution >= 0.6 is 0 Å². The molecular formula is C16H15FN2O2. The number of ether oxygens (including phenoxy) is 1. The summed E-state index contributed by atoms with van der Waals surface area (Å²) in [5.74, 6) is 1.57. The Kier molecular flexibility index (Phi) is 3.35. The van der Waals surface area contributed by atoms with E-state index < -0.39 is 0 Å². The zero-order valence-electron chi connectivity index (χ0n) is 11.8. The SMILES string of the molecule is Cc1cc(Oc2ccc3nc(CO)n(C)c3c2)ccc1F. The molecule has 0 fully saturated rings. The Bertz CT molecular complexity index is 811. The smallest absolute Gasteiger partial charge is 0.135 e. The molecule has 1 N–H and O–H groups in total. The van der Waals surface area contributed by atoms with Crippen molar-refractivity contribution < 1.29 is 14.2 Å². The van der Waals surface area contributed by atoms with Crippen LogP contribution in [-0.4, -0.2) is 14.7 Å². The van der Waals surface area contributed by atoms with E-state index in [9.17, 15) is 9.50 Å². The van der Waals surface area contributed by atoms with Gasteiger partial charge >= 0.3 is 0 Å². The molecule has 0 radical (unpaired) electrons. The molecule has 0 aliphatic rings. The van der Waals surface area contributed by atoms with Crippen molar-refractivity contribution in [3.63, 3.8) is 0 Å². The molecule has 5 heteroatoms. The second kappa shape index (κ2) is 5.18. The van der Waals surface area contributed by atoms with Gasteiger partial charge in [-0.1, -0.05) is 0 Å². The van der Waals surface area contributed by atoms with Crippen LogP contribution < -0.4 is 4.74 Å². The number of benzene rings is 2. The van der Waals surface area contributed by atoms with E-state index in [0.717, 1.165) is 11.0 Å². The van der Waals surface area contributed by atoms with Gasteiger partial charge in [0.1, 0.15) is 29.7 Å². The lowest BCUT2D eigenvalue weighted by Gasteiger charge is -2.07. The van der Waals surface area contributed by atoms with Crippen LogP contribution in [0.4, 0.5) is 4.39 Å². The number of aliphatic hydroxyl groups excluding tert-OH is 1. The molecule has 108 valence electrons. The zero-order valence-corrected chi connectivity index (χ0v) is 11.8. The largest absolute Gasteiger partial charge is 0.457 e. The fourth-order valence-electron chi connectivity index (χ4n) is 2.24. The number of aliphatic hydroxyl groups is 1. The van der Waals surface area contributed by atoms with Crippen molar-refractivity contribution in [1.29, 1.82) is 0 Å². The van der Waals surface area contributed by atoms with Crippen LogP contribution in [0.15, 0.2) is 36.4 Å². The second-order valence-corrected chi connectivity index (χ2v) is 4.91. The van der Waals surface area contributed by atoms with Crippen LogP contribution in [0.1, 0.15) is 11.4 Å². The van der Waals surface area contributed by atoms with E-state index in [2.05, 4.69) is 4.98 Å². The summed E-state index contributed by atoms with van der Waals surface area (Å²) in [6.07, 6.45) is 0. The minimum absolute atomic E-state index is 0.113. The van der Waals surface area contributed by atoms with E-state index in [0.29, 0.717) is 22.9 Å². The number of hydrogen-bond acceptors (Lipinski definition) is 3. The molecule has 4 nitrogen and oxygen atoms in total. The number of rotatable bonds is 3. The van der Waals surface area contributed by atoms with E-state index in [1.807, 2.05) is 23.7 Å². The lowest BCUT2D eigenvalue weighted by Crippen LogP contribution is -1.96. The molecule has 0 aliphatic carbocycles. The first-order chi connectivity index (χ1) is 10.1. The van der Waals surface area contributed by atoms with Crippen LogP contribution in [0.25, 0.3) is 11.0 Å². The van der Waals surface area contributed by atoms with Crippen LogP contribution in [-0.2, 0) is 13.7 Å². The topological polar surface area (TPSA) is 47.3 Å². The van der Waals surface area contributed by atoms with Crippen molar-refractivity contribution in [2.75, 3.05) is 0 Å². The zero-order chi connectivity index (χ0) is 15.0. The van der Waals surface area contributed by atoms with Gasteiger partial charge in [0.25, 0.3) is 0 Å². The maximum atomic E-state index is 13.2. The summed E-state index contributed by atoms with van der Waals surface area (Å²) < 4.78 is 20.8. The minimum Gasteiger partial charge on any atom is -0.457 e. The fourth-order valence-corrected chi connectivity index (χ4v) is 2.24. The normalized spacial score (nSPS) is 11.0. The van der Waals surface area contributed by atoms with Crippen molar-refractivity contribution in [2.45, 2.75) is 13.5 Å². The van der Waals surface area contributed by atoms with E-state index in [1.165, 1.54) is 6.07 Å². The van der Waals surface area contributed by atoms with Crippen molar-refractivity contribution in [3.8, 4) is 11.5 Å². The van der Waals surface area contributed by atoms with E-state index >= 15 is 0 Å². The van der Waals surface area contributed by atoms with Gasteiger partial charge in [-0.15, -0.1) is 0 Å². The molecule has 1 aromatic heterocycles. The molecule has 0 bridgehead atoms. The Morgan fingerprint density at radius 1 is 1.19 bits per heavy atom. The van der Waals surface area contributed by atoms with Crippen molar-refractivity contribution in [1.82, 2.24) is 9.55 Å². The molecule has 3 rings (SSSR count). The molecule has 0 saturated carbocycles. The number of imidazole rings is 1. The van der Waals surface area contributed by atoms with Gasteiger partial charge in [-0.05, 0) is 42.8 Å². The molecule has 0 saturated heterocycles. The fraction of sp³-hybridized carbons (Fsp3) is 0.188. The Morgan fingerprint density at radius 2 is 1.90 bits per heavy atom. The molecule has 0 atom stereocenters. The minimum atomic E-state index is -0.253. The maximum absolute atomic E-state index is 13.2. The summed E-state index contributed by atoms with van der Waals surface area (Å²) in [7, 11) is 1.84. The summed E-state index contributed by atoms with van der Waals surface area (Å²) in [5.41, 5.74) is 2.20. The Labute approximate surface area is 121 Å². The third-order valence-electron chi connectivity index (χ3n) is 3.45. The van der Waals surface area contributed by atoms with Crippen LogP contribution in [0.5, 0.6) is 11.5 Å². The first-order valence-electron chi connectivity index (χ1n) is 6.58. The average Bonchev–Trinajstić information content (AvgIpc) is 2.79. The third kappa shape index (κ3) is 2.48. The van der Waals surface area contributed by atoms with E-state index in [-0.39, 0.29) is 12.4 Å². The molecule has 0 unspecified atom stereocenters. The number of aryl methyl sites for hydroxylation is 2. The number of aromatic nitrogens is 2. The highest BCUT2D eigenvalue weighted by Crippen LogP contribution is 2.27. The maximum Gasteiger partial charge on any atom is 0.135 e. The standard InChI is InChI=1S/C16H15FN2O2/c1-10-7-11(3-5-13(10)17)21-12-4-6-14-15(8-12)19(2)16(9-20)18-14/h3-8,20H,9H2,1-2H3. The lowest BCUT2D eigenvalue weighted by atomic mass is 10.2. The highest BCUT2D eigenvalue weighted by molar-refractivity contribution is 5.77. The summed E-state index contributed by atoms with van der Waals surface area (Å²) in [6, 6.07) is 10.1. The van der Waals surface area contributed by atoms with Crippen LogP contribution in [0.3, 0.4) is 0 Å². The highest BCUT2D eigenvalue weighted by Gasteiger charge is 2.08. The third-order valence-corrected chi connectivity index (χ3v) is 3.45. The molecule has 0 aliphatic heterocycles. The first kappa shape index (κ1) is 13.6. The highest BCUT2D eigenvalue weighted by atomic mass is 19.1. The van der Waals surface area contributed by atoms with Gasteiger partial charge in [-0.3, -0.25) is 0 Å². The van der Waals surface area contributed by atoms with Gasteiger partial charge in [-0.25, -0.2) is 9.37 Å². The molecular weight excluding hydrogens is 271 g/mol. The predicted octanol–water partition coefficient (Wildman–Crippen LogP) is 3.31. The van der Waals surface area contributed by atoms with Crippen molar-refractivity contribution >= 4 is 11.0 Å². The van der Waals surface area contributed by atoms with Gasteiger partial charge in [0.05, 0.1) is 11.0 Å². The molecule has 21 heavy (non-hydrogen) atoms. The summed E-state index contributed by atoms with van der Waals surface area (Å²) in [6.45, 7) is 1.58. The van der Waals surface area contributed by atoms with Crippen LogP contribution in [0.2, 0.25) is 0 Å². The monoisotopic (exact) mass is 286 g/mol. The lowest BCUT2D eigenvalue weighted by molar-refractivity contribution is 0.268.